The molecule has 0 aromatic heterocycles. The SMILES string of the molecule is CCC(CO)OC(CO)OC.CCC(CO)OC(COC(=O)CCCC(=O)NCCSSC)OC.CCC(CO)OC(COC(=O)CCCC(=O)N[C@H](C)C(=O)OCCCNC(=O)[C@]1(O)C2N(C)c3cc(OC)c([C@@]4(C(=O)OC)C[C@@H]5CN(CCC6=C4Cc4ccccc46)CC(O)(CC)C5)cc3C23CCN2CC=C[C@](CC)(C23)[C@H]1O)OC.CCC(CO)OC(COC(=O)CCCC(=O)O)OC. The lowest BCUT2D eigenvalue weighted by Crippen LogP contribution is -2.81. The van der Waals surface area contributed by atoms with Gasteiger partial charge in [-0.2, -0.15) is 0 Å². The number of fused-ring (bicyclic) bond motifs is 5. The maximum atomic E-state index is 15.6. The van der Waals surface area contributed by atoms with Crippen LogP contribution in [-0.2, 0) is 122 Å². The molecule has 772 valence electrons. The molecule has 5 heterocycles. The predicted molar refractivity (Wildman–Crippen MR) is 506 cm³/mol. The van der Waals surface area contributed by atoms with E-state index in [2.05, 4.69) is 43.9 Å². The topological polar surface area (TPSA) is 511 Å². The third-order valence-electron chi connectivity index (χ3n) is 26.5. The summed E-state index contributed by atoms with van der Waals surface area (Å²) in [7, 11) is 13.9. The zero-order valence-corrected chi connectivity index (χ0v) is 83.7. The van der Waals surface area contributed by atoms with Gasteiger partial charge in [0.2, 0.25) is 11.8 Å². The zero-order valence-electron chi connectivity index (χ0n) is 82.1. The number of aliphatic carboxylic acids is 1. The molecular formula is C96H154N6O32S2. The van der Waals surface area contributed by atoms with Crippen LogP contribution in [0.3, 0.4) is 0 Å². The van der Waals surface area contributed by atoms with Crippen molar-refractivity contribution in [3.63, 3.8) is 0 Å². The van der Waals surface area contributed by atoms with Crippen LogP contribution in [0, 0.1) is 11.3 Å². The van der Waals surface area contributed by atoms with Crippen molar-refractivity contribution in [1.29, 1.82) is 0 Å². The number of carboxylic acids is 1. The molecule has 19 atom stereocenters. The van der Waals surface area contributed by atoms with E-state index in [9.17, 15) is 54.0 Å². The van der Waals surface area contributed by atoms with Crippen molar-refractivity contribution in [3.8, 4) is 5.75 Å². The molecular weight excluding hydrogens is 1810 g/mol. The molecule has 2 aromatic carbocycles. The van der Waals surface area contributed by atoms with Crippen molar-refractivity contribution < 1.29 is 155 Å². The second-order valence-corrected chi connectivity index (χ2v) is 37.7. The van der Waals surface area contributed by atoms with Crippen LogP contribution in [0.1, 0.15) is 199 Å². The zero-order chi connectivity index (χ0) is 101. The van der Waals surface area contributed by atoms with Crippen LogP contribution in [0.25, 0.3) is 5.57 Å². The minimum absolute atomic E-state index is 0.0258. The van der Waals surface area contributed by atoms with Crippen LogP contribution in [0.15, 0.2) is 54.1 Å². The maximum Gasteiger partial charge on any atom is 0.328 e. The highest BCUT2D eigenvalue weighted by Gasteiger charge is 2.79. The van der Waals surface area contributed by atoms with E-state index in [1.54, 1.807) is 28.7 Å². The van der Waals surface area contributed by atoms with E-state index in [0.717, 1.165) is 33.6 Å². The maximum absolute atomic E-state index is 15.6. The van der Waals surface area contributed by atoms with Crippen LogP contribution >= 0.6 is 21.6 Å². The first kappa shape index (κ1) is 117. The van der Waals surface area contributed by atoms with E-state index in [1.807, 2.05) is 90.1 Å². The van der Waals surface area contributed by atoms with Gasteiger partial charge in [-0.25, -0.2) is 4.79 Å². The van der Waals surface area contributed by atoms with E-state index < -0.39 is 125 Å². The molecule has 5 aliphatic heterocycles. The van der Waals surface area contributed by atoms with E-state index in [1.165, 1.54) is 42.5 Å². The number of carboxylic acid groups (broad SMARTS) is 1. The van der Waals surface area contributed by atoms with Crippen molar-refractivity contribution in [2.75, 3.05) is 172 Å². The Bertz CT molecular complexity index is 4110. The number of rotatable bonds is 55. The number of esters is 5. The summed E-state index contributed by atoms with van der Waals surface area (Å²) in [6, 6.07) is 10.0. The lowest BCUT2D eigenvalue weighted by Gasteiger charge is -2.63. The molecule has 7 aliphatic rings. The number of nitrogens with one attached hydrogen (secondary N) is 3. The number of carbonyl (C=O) groups is 9. The molecule has 1 spiro atoms. The summed E-state index contributed by atoms with van der Waals surface area (Å²) in [6.45, 7) is 15.6. The molecule has 2 bridgehead atoms. The first-order chi connectivity index (χ1) is 65.2. The van der Waals surface area contributed by atoms with E-state index in [4.69, 9.17) is 91.8 Å². The van der Waals surface area contributed by atoms with Gasteiger partial charge in [0.15, 0.2) is 30.8 Å². The fourth-order valence-corrected chi connectivity index (χ4v) is 20.5. The van der Waals surface area contributed by atoms with Gasteiger partial charge in [-0.05, 0) is 156 Å². The van der Waals surface area contributed by atoms with Crippen molar-refractivity contribution in [1.82, 2.24) is 25.8 Å². The Morgan fingerprint density at radius 2 is 1.15 bits per heavy atom. The summed E-state index contributed by atoms with van der Waals surface area (Å²) in [4.78, 5) is 120. The molecule has 2 aromatic rings. The fraction of sp³-hybridized carbons (Fsp3) is 0.740. The molecule has 2 saturated heterocycles. The Morgan fingerprint density at radius 3 is 1.65 bits per heavy atom. The Morgan fingerprint density at radius 1 is 0.610 bits per heavy atom. The van der Waals surface area contributed by atoms with Crippen LogP contribution in [-0.4, -0.2) is 361 Å². The molecule has 0 radical (unpaired) electrons. The molecule has 3 fully saturated rings. The number of carbonyl (C=O) groups excluding carboxylic acids is 8. The summed E-state index contributed by atoms with van der Waals surface area (Å²) < 4.78 is 74.6. The van der Waals surface area contributed by atoms with Crippen molar-refractivity contribution in [2.45, 2.75) is 279 Å². The number of methoxy groups -OCH3 is 6. The number of aliphatic hydroxyl groups excluding tert-OH is 6. The standard InChI is InChI=1S/C62H87N5O15.C15H29NO6S2.C12H22O7.C7H16O4/c1-9-41(35-68)82-51(78-7)36-81-50(70)20-14-19-49(69)64-38(4)52(71)80-28-16-24-63-56(73)62(76)54-60(23-27-67-25-15-22-59(11-3,53(60)67)55(62)72)45-30-46(48(77-6)31-47(45)65(54)5)61(57(74)79-8)33-39-32-58(75,10-2)37-66(34-39)26-21-43-42-18-13-12-17-40(42)29-44(43)61;1-4-12(10-17)22-15(20-2)11-21-14(19)7-5-6-13(18)16-8-9-24-23-3;1-3-9(7-13)19-12(17-2)8-18-11(16)6-4-5-10(14)15;1-3-6(4-8)11-7(5-9)10-2/h12-13,15,17-18,22,30-31,38-39,41,51,53-55,68,72,75-76H,9-11,14,16,19-21,23-29,32-37H2,1-8H3,(H,63,73)(H,64,69);12,15,17H,4-11H2,1-3H3,(H,16,18);9,12-13H,3-8H2,1-2H3,(H,14,15);6-9H,3-5H2,1-2H3/t38-,39-,41?,51?,53?,54?,55-,58?,59-,60?,61-,62+;;;/m1.../s1. The van der Waals surface area contributed by atoms with Gasteiger partial charge in [0, 0.05) is 153 Å². The third-order valence-corrected chi connectivity index (χ3v) is 28.3. The van der Waals surface area contributed by atoms with Gasteiger partial charge < -0.3 is 133 Å². The van der Waals surface area contributed by atoms with E-state index in [0.29, 0.717) is 140 Å². The van der Waals surface area contributed by atoms with Crippen molar-refractivity contribution >= 4 is 86.4 Å². The Kier molecular flexibility index (Phi) is 50.8. The van der Waals surface area contributed by atoms with Gasteiger partial charge >= 0.3 is 35.8 Å². The average Bonchev–Trinajstić information content (AvgIpc) is 1.47. The number of ether oxygens (including phenoxy) is 14. The molecule has 1 saturated carbocycles. The number of hydrogen-bond donors (Lipinski definition) is 12. The van der Waals surface area contributed by atoms with Gasteiger partial charge in [0.1, 0.15) is 43.1 Å². The van der Waals surface area contributed by atoms with Gasteiger partial charge in [-0.1, -0.05) is 99.5 Å². The lowest BCUT2D eigenvalue weighted by molar-refractivity contribution is -0.203. The van der Waals surface area contributed by atoms with E-state index >= 15 is 9.59 Å². The Labute approximate surface area is 808 Å². The molecule has 12 N–H and O–H groups in total. The minimum atomic E-state index is -2.41. The number of amides is 3. The van der Waals surface area contributed by atoms with Gasteiger partial charge in [-0.3, -0.25) is 48.2 Å². The van der Waals surface area contributed by atoms with Crippen LogP contribution in [0.5, 0.6) is 5.75 Å². The molecule has 9 rings (SSSR count). The van der Waals surface area contributed by atoms with Crippen molar-refractivity contribution in [2.24, 2.45) is 11.3 Å². The van der Waals surface area contributed by atoms with Crippen molar-refractivity contribution in [3.05, 3.63) is 76.4 Å². The molecule has 13 unspecified atom stereocenters. The van der Waals surface area contributed by atoms with Crippen LogP contribution < -0.4 is 25.6 Å². The van der Waals surface area contributed by atoms with Crippen LogP contribution in [0.2, 0.25) is 0 Å². The smallest absolute Gasteiger partial charge is 0.328 e. The first-order valence-electron chi connectivity index (χ1n) is 47.4. The number of hydrogen-bond acceptors (Lipinski definition) is 36. The van der Waals surface area contributed by atoms with Gasteiger partial charge in [-0.15, -0.1) is 0 Å². The normalized spacial score (nSPS) is 24.7. The highest BCUT2D eigenvalue weighted by atomic mass is 33.1. The largest absolute Gasteiger partial charge is 0.496 e. The number of aliphatic hydroxyl groups is 8. The molecule has 40 heteroatoms. The summed E-state index contributed by atoms with van der Waals surface area (Å²) in [5, 5.41) is 100. The monoisotopic (exact) mass is 1970 g/mol. The minimum Gasteiger partial charge on any atom is -0.496 e. The number of likely N-dealkylation sites (N-methyl/N-ethyl adjacent to an activating group) is 1. The summed E-state index contributed by atoms with van der Waals surface area (Å²) in [5.41, 5.74) is -0.330. The number of benzene rings is 2. The highest BCUT2D eigenvalue weighted by Crippen LogP contribution is 2.68. The second kappa shape index (κ2) is 58.8. The molecule has 136 heavy (non-hydrogen) atoms. The average molecular weight is 1970 g/mol. The Hall–Kier alpha value is -7.27. The van der Waals surface area contributed by atoms with E-state index in [-0.39, 0.29) is 154 Å². The number of piperidine rings is 1. The summed E-state index contributed by atoms with van der Waals surface area (Å²) in [6.07, 6.45) is 7.41. The fourth-order valence-electron chi connectivity index (χ4n) is 19.4. The molecule has 38 nitrogen and oxygen atoms in total. The predicted octanol–water partition coefficient (Wildman–Crippen LogP) is 5.47. The third kappa shape index (κ3) is 31.1. The lowest BCUT2D eigenvalue weighted by atomic mass is 9.47. The first-order valence-corrected chi connectivity index (χ1v) is 50.1. The molecule has 2 aliphatic carbocycles. The Balaban J connectivity index is 0.000000424. The summed E-state index contributed by atoms with van der Waals surface area (Å²) in [5.74, 6) is -3.63. The highest BCUT2D eigenvalue weighted by molar-refractivity contribution is 8.76. The summed E-state index contributed by atoms with van der Waals surface area (Å²) >= 11 is 0. The quantitative estimate of drug-likeness (QED) is 0.00975. The molecule has 3 amide bonds. The van der Waals surface area contributed by atoms with Crippen LogP contribution in [0.4, 0.5) is 5.69 Å². The number of anilines is 1. The van der Waals surface area contributed by atoms with Gasteiger partial charge in [0.05, 0.1) is 89.9 Å². The second-order valence-electron chi connectivity index (χ2n) is 35.0. The number of nitrogens with zero attached hydrogens (tertiary/aromatic N) is 3. The van der Waals surface area contributed by atoms with Gasteiger partial charge in [0.25, 0.3) is 5.91 Å².